The number of carbonyl (C=O) groups is 2. The molecule has 6 heteroatoms. The third kappa shape index (κ3) is 3.74. The van der Waals surface area contributed by atoms with Crippen LogP contribution in [0.4, 0.5) is 15.8 Å². The summed E-state index contributed by atoms with van der Waals surface area (Å²) in [5.41, 5.74) is 0.795. The van der Waals surface area contributed by atoms with Crippen LogP contribution in [0.15, 0.2) is 52.9 Å². The highest BCUT2D eigenvalue weighted by atomic mass is 19.1. The summed E-state index contributed by atoms with van der Waals surface area (Å²) in [5, 5.41) is 5.86. The molecule has 0 atom stereocenters. The predicted molar refractivity (Wildman–Crippen MR) is 98.7 cm³/mol. The van der Waals surface area contributed by atoms with E-state index in [0.717, 1.165) is 0 Å². The number of carbonyl (C=O) groups excluding carboxylic acids is 2. The van der Waals surface area contributed by atoms with Crippen LogP contribution in [0.5, 0.6) is 0 Å². The van der Waals surface area contributed by atoms with Crippen molar-refractivity contribution in [3.63, 3.8) is 0 Å². The molecule has 0 fully saturated rings. The monoisotopic (exact) mass is 354 g/mol. The van der Waals surface area contributed by atoms with E-state index in [2.05, 4.69) is 10.6 Å². The molecule has 3 aromatic rings. The minimum absolute atomic E-state index is 0.0393. The number of rotatable bonds is 5. The highest BCUT2D eigenvalue weighted by molar-refractivity contribution is 6.14. The van der Waals surface area contributed by atoms with Crippen molar-refractivity contribution in [2.24, 2.45) is 5.92 Å². The molecule has 0 aliphatic heterocycles. The summed E-state index contributed by atoms with van der Waals surface area (Å²) in [6, 6.07) is 12.9. The Kier molecular flexibility index (Phi) is 5.02. The maximum atomic E-state index is 13.8. The van der Waals surface area contributed by atoms with Crippen molar-refractivity contribution in [3.05, 3.63) is 60.1 Å². The Morgan fingerprint density at radius 3 is 2.46 bits per heavy atom. The van der Waals surface area contributed by atoms with Crippen LogP contribution in [0.25, 0.3) is 11.0 Å². The summed E-state index contributed by atoms with van der Waals surface area (Å²) in [6.07, 6.45) is 0.313. The molecule has 0 bridgehead atoms. The summed E-state index contributed by atoms with van der Waals surface area (Å²) < 4.78 is 19.4. The second-order valence-corrected chi connectivity index (χ2v) is 6.38. The van der Waals surface area contributed by atoms with E-state index in [1.807, 2.05) is 13.8 Å². The number of hydrogen-bond acceptors (Lipinski definition) is 3. The third-order valence-corrected chi connectivity index (χ3v) is 3.78. The maximum absolute atomic E-state index is 13.8. The van der Waals surface area contributed by atoms with E-state index in [1.165, 1.54) is 18.2 Å². The first-order valence-corrected chi connectivity index (χ1v) is 8.33. The number of para-hydroxylation sites is 2. The number of halogens is 1. The van der Waals surface area contributed by atoms with Crippen LogP contribution in [0, 0.1) is 11.7 Å². The van der Waals surface area contributed by atoms with Gasteiger partial charge >= 0.3 is 0 Å². The van der Waals surface area contributed by atoms with Crippen molar-refractivity contribution in [2.45, 2.75) is 20.3 Å². The Morgan fingerprint density at radius 1 is 1.04 bits per heavy atom. The third-order valence-electron chi connectivity index (χ3n) is 3.78. The minimum Gasteiger partial charge on any atom is -0.449 e. The van der Waals surface area contributed by atoms with E-state index in [4.69, 9.17) is 4.42 Å². The van der Waals surface area contributed by atoms with Crippen molar-refractivity contribution < 1.29 is 18.4 Å². The molecule has 26 heavy (non-hydrogen) atoms. The average molecular weight is 354 g/mol. The number of furan rings is 1. The maximum Gasteiger partial charge on any atom is 0.293 e. The zero-order valence-electron chi connectivity index (χ0n) is 14.5. The van der Waals surface area contributed by atoms with Crippen molar-refractivity contribution in [3.8, 4) is 0 Å². The number of nitrogens with one attached hydrogen (secondary N) is 2. The number of anilines is 2. The first-order valence-electron chi connectivity index (χ1n) is 8.33. The summed E-state index contributed by atoms with van der Waals surface area (Å²) >= 11 is 0. The zero-order chi connectivity index (χ0) is 18.7. The first-order chi connectivity index (χ1) is 12.5. The summed E-state index contributed by atoms with van der Waals surface area (Å²) in [6.45, 7) is 3.86. The van der Waals surface area contributed by atoms with Crippen LogP contribution in [-0.4, -0.2) is 11.8 Å². The summed E-state index contributed by atoms with van der Waals surface area (Å²) in [5.74, 6) is -1.30. The van der Waals surface area contributed by atoms with Gasteiger partial charge in [-0.2, -0.15) is 0 Å². The fraction of sp³-hybridized carbons (Fsp3) is 0.200. The summed E-state index contributed by atoms with van der Waals surface area (Å²) in [4.78, 5) is 24.8. The molecule has 3 rings (SSSR count). The molecule has 134 valence electrons. The van der Waals surface area contributed by atoms with Gasteiger partial charge in [-0.15, -0.1) is 0 Å². The molecule has 0 saturated carbocycles. The molecular weight excluding hydrogens is 335 g/mol. The van der Waals surface area contributed by atoms with Crippen LogP contribution in [0.2, 0.25) is 0 Å². The first kappa shape index (κ1) is 17.7. The second kappa shape index (κ2) is 7.39. The molecule has 0 saturated heterocycles. The predicted octanol–water partition coefficient (Wildman–Crippen LogP) is 4.81. The van der Waals surface area contributed by atoms with Gasteiger partial charge in [-0.05, 0) is 30.2 Å². The lowest BCUT2D eigenvalue weighted by atomic mass is 10.1. The average Bonchev–Trinajstić information content (AvgIpc) is 2.95. The number of hydrogen-bond donors (Lipinski definition) is 2. The Hall–Kier alpha value is -3.15. The molecule has 0 radical (unpaired) electrons. The molecule has 0 unspecified atom stereocenters. The van der Waals surface area contributed by atoms with Gasteiger partial charge < -0.3 is 15.1 Å². The normalized spacial score (nSPS) is 10.9. The molecule has 5 nitrogen and oxygen atoms in total. The van der Waals surface area contributed by atoms with Gasteiger partial charge in [0.2, 0.25) is 11.7 Å². The Bertz CT molecular complexity index is 963. The smallest absolute Gasteiger partial charge is 0.293 e. The fourth-order valence-corrected chi connectivity index (χ4v) is 2.63. The molecule has 0 aliphatic carbocycles. The Balaban J connectivity index is 1.96. The zero-order valence-corrected chi connectivity index (χ0v) is 14.5. The van der Waals surface area contributed by atoms with E-state index >= 15 is 0 Å². The molecular formula is C20H19FN2O3. The lowest BCUT2D eigenvalue weighted by Gasteiger charge is -2.09. The van der Waals surface area contributed by atoms with Crippen LogP contribution >= 0.6 is 0 Å². The van der Waals surface area contributed by atoms with Gasteiger partial charge in [-0.1, -0.05) is 38.1 Å². The minimum atomic E-state index is -0.633. The van der Waals surface area contributed by atoms with E-state index in [9.17, 15) is 14.0 Å². The van der Waals surface area contributed by atoms with Crippen LogP contribution in [0.3, 0.4) is 0 Å². The van der Waals surface area contributed by atoms with Crippen molar-refractivity contribution >= 4 is 34.2 Å². The van der Waals surface area contributed by atoms with Crippen LogP contribution in [0.1, 0.15) is 30.8 Å². The van der Waals surface area contributed by atoms with Gasteiger partial charge in [0, 0.05) is 11.8 Å². The SMILES string of the molecule is CC(C)CC(=O)Nc1c(C(=O)Nc2ccccc2F)oc2ccccc12. The topological polar surface area (TPSA) is 71.3 Å². The van der Waals surface area contributed by atoms with Crippen molar-refractivity contribution in [2.75, 3.05) is 10.6 Å². The van der Waals surface area contributed by atoms with Gasteiger partial charge in [-0.3, -0.25) is 9.59 Å². The quantitative estimate of drug-likeness (QED) is 0.691. The van der Waals surface area contributed by atoms with E-state index in [1.54, 1.807) is 30.3 Å². The lowest BCUT2D eigenvalue weighted by Crippen LogP contribution is -2.18. The van der Waals surface area contributed by atoms with Gasteiger partial charge in [0.1, 0.15) is 17.1 Å². The van der Waals surface area contributed by atoms with Gasteiger partial charge in [-0.25, -0.2) is 4.39 Å². The molecule has 0 spiro atoms. The fourth-order valence-electron chi connectivity index (χ4n) is 2.63. The van der Waals surface area contributed by atoms with Crippen LogP contribution in [-0.2, 0) is 4.79 Å². The number of fused-ring (bicyclic) bond motifs is 1. The molecule has 2 N–H and O–H groups in total. The number of benzene rings is 2. The number of amides is 2. The molecule has 2 aromatic carbocycles. The van der Waals surface area contributed by atoms with Gasteiger partial charge in [0.15, 0.2) is 0 Å². The Labute approximate surface area is 150 Å². The summed E-state index contributed by atoms with van der Waals surface area (Å²) in [7, 11) is 0. The van der Waals surface area contributed by atoms with E-state index in [-0.39, 0.29) is 23.3 Å². The second-order valence-electron chi connectivity index (χ2n) is 6.38. The Morgan fingerprint density at radius 2 is 1.73 bits per heavy atom. The van der Waals surface area contributed by atoms with Crippen molar-refractivity contribution in [1.82, 2.24) is 0 Å². The standard InChI is InChI=1S/C20H19FN2O3/c1-12(2)11-17(24)23-18-13-7-3-6-10-16(13)26-19(18)20(25)22-15-9-5-4-8-14(15)21/h3-10,12H,11H2,1-2H3,(H,22,25)(H,23,24). The molecule has 0 aliphatic rings. The molecule has 1 aromatic heterocycles. The van der Waals surface area contributed by atoms with Crippen LogP contribution < -0.4 is 10.6 Å². The van der Waals surface area contributed by atoms with Gasteiger partial charge in [0.25, 0.3) is 5.91 Å². The molecule has 2 amide bonds. The largest absolute Gasteiger partial charge is 0.449 e. The highest BCUT2D eigenvalue weighted by Gasteiger charge is 2.23. The van der Waals surface area contributed by atoms with E-state index in [0.29, 0.717) is 23.1 Å². The lowest BCUT2D eigenvalue weighted by molar-refractivity contribution is -0.116. The van der Waals surface area contributed by atoms with Gasteiger partial charge in [0.05, 0.1) is 5.69 Å². The van der Waals surface area contributed by atoms with E-state index < -0.39 is 11.7 Å². The highest BCUT2D eigenvalue weighted by Crippen LogP contribution is 2.32. The molecule has 1 heterocycles. The van der Waals surface area contributed by atoms with Crippen molar-refractivity contribution in [1.29, 1.82) is 0 Å².